The molecule has 0 aliphatic heterocycles. The summed E-state index contributed by atoms with van der Waals surface area (Å²) in [6.45, 7) is 0. The van der Waals surface area contributed by atoms with Gasteiger partial charge >= 0.3 is 0 Å². The van der Waals surface area contributed by atoms with Gasteiger partial charge in [0, 0.05) is 6.07 Å². The van der Waals surface area contributed by atoms with E-state index in [0.717, 1.165) is 11.8 Å². The molecule has 0 atom stereocenters. The molecule has 1 heterocycles. The Kier molecular flexibility index (Phi) is 4.41. The summed E-state index contributed by atoms with van der Waals surface area (Å²) >= 11 is 1.15. The molecule has 0 bridgehead atoms. The van der Waals surface area contributed by atoms with Gasteiger partial charge in [-0.05, 0) is 22.6 Å². The number of aromatic nitrogens is 4. The quantitative estimate of drug-likeness (QED) is 0.762. The summed E-state index contributed by atoms with van der Waals surface area (Å²) in [6, 6.07) is 5.25. The van der Waals surface area contributed by atoms with E-state index in [9.17, 15) is 4.79 Å². The number of nitrogens with two attached hydrogens (primary N) is 1. The van der Waals surface area contributed by atoms with E-state index < -0.39 is 5.91 Å². The second-order valence-corrected chi connectivity index (χ2v) is 4.61. The predicted molar refractivity (Wildman–Crippen MR) is 72.2 cm³/mol. The van der Waals surface area contributed by atoms with Gasteiger partial charge in [-0.1, -0.05) is 11.8 Å². The van der Waals surface area contributed by atoms with Crippen LogP contribution in [0.5, 0.6) is 11.5 Å². The zero-order valence-corrected chi connectivity index (χ0v) is 11.8. The summed E-state index contributed by atoms with van der Waals surface area (Å²) in [4.78, 5) is 10.8. The Labute approximate surface area is 119 Å². The Bertz CT molecular complexity index is 616. The summed E-state index contributed by atoms with van der Waals surface area (Å²) in [5.41, 5.74) is 5.73. The minimum atomic E-state index is -0.442. The number of methoxy groups -OCH3 is 2. The molecule has 0 radical (unpaired) electrons. The number of benzene rings is 1. The lowest BCUT2D eigenvalue weighted by Gasteiger charge is -2.10. The summed E-state index contributed by atoms with van der Waals surface area (Å²) in [5, 5.41) is 11.8. The van der Waals surface area contributed by atoms with Crippen molar-refractivity contribution in [3.63, 3.8) is 0 Å². The van der Waals surface area contributed by atoms with E-state index in [-0.39, 0.29) is 5.75 Å². The number of ether oxygens (including phenoxy) is 2. The Balaban J connectivity index is 2.40. The normalized spacial score (nSPS) is 10.3. The van der Waals surface area contributed by atoms with Crippen molar-refractivity contribution < 1.29 is 14.3 Å². The highest BCUT2D eigenvalue weighted by atomic mass is 32.2. The number of thioether (sulfide) groups is 1. The number of hydrogen-bond donors (Lipinski definition) is 1. The molecule has 106 valence electrons. The van der Waals surface area contributed by atoms with Gasteiger partial charge in [0.05, 0.1) is 20.0 Å². The molecule has 1 amide bonds. The zero-order chi connectivity index (χ0) is 14.5. The van der Waals surface area contributed by atoms with Crippen LogP contribution in [0, 0.1) is 0 Å². The van der Waals surface area contributed by atoms with Crippen LogP contribution in [0.25, 0.3) is 5.69 Å². The first-order valence-corrected chi connectivity index (χ1v) is 6.56. The third kappa shape index (κ3) is 2.99. The molecule has 0 aliphatic carbocycles. The van der Waals surface area contributed by atoms with Crippen molar-refractivity contribution in [3.05, 3.63) is 18.2 Å². The van der Waals surface area contributed by atoms with Gasteiger partial charge in [0.25, 0.3) is 0 Å². The molecule has 0 saturated heterocycles. The lowest BCUT2D eigenvalue weighted by Crippen LogP contribution is -2.14. The van der Waals surface area contributed by atoms with Crippen LogP contribution in [0.15, 0.2) is 23.4 Å². The van der Waals surface area contributed by atoms with Gasteiger partial charge in [-0.25, -0.2) is 0 Å². The summed E-state index contributed by atoms with van der Waals surface area (Å²) in [5.74, 6) is 0.871. The van der Waals surface area contributed by atoms with E-state index in [2.05, 4.69) is 15.5 Å². The highest BCUT2D eigenvalue weighted by molar-refractivity contribution is 7.99. The maximum Gasteiger partial charge on any atom is 0.227 e. The molecular formula is C11H13N5O3S. The number of carbonyl (C=O) groups is 1. The van der Waals surface area contributed by atoms with Gasteiger partial charge in [-0.2, -0.15) is 4.68 Å². The van der Waals surface area contributed by atoms with E-state index in [0.29, 0.717) is 22.3 Å². The van der Waals surface area contributed by atoms with E-state index >= 15 is 0 Å². The molecule has 0 saturated carbocycles. The van der Waals surface area contributed by atoms with Crippen molar-refractivity contribution in [1.82, 2.24) is 20.2 Å². The molecule has 0 spiro atoms. The summed E-state index contributed by atoms with van der Waals surface area (Å²) in [6.07, 6.45) is 0. The molecule has 20 heavy (non-hydrogen) atoms. The van der Waals surface area contributed by atoms with Crippen LogP contribution >= 0.6 is 11.8 Å². The summed E-state index contributed by atoms with van der Waals surface area (Å²) < 4.78 is 11.9. The average Bonchev–Trinajstić information content (AvgIpc) is 2.92. The third-order valence-electron chi connectivity index (χ3n) is 2.40. The molecule has 0 fully saturated rings. The Hall–Kier alpha value is -2.29. The fourth-order valence-corrected chi connectivity index (χ4v) is 2.14. The van der Waals surface area contributed by atoms with Crippen LogP contribution in [0.1, 0.15) is 0 Å². The highest BCUT2D eigenvalue weighted by Crippen LogP contribution is 2.29. The number of amides is 1. The van der Waals surface area contributed by atoms with Crippen molar-refractivity contribution in [3.8, 4) is 17.2 Å². The molecule has 0 unspecified atom stereocenters. The Morgan fingerprint density at radius 2 is 2.20 bits per heavy atom. The first kappa shape index (κ1) is 14.1. The molecule has 8 nitrogen and oxygen atoms in total. The standard InChI is InChI=1S/C11H13N5O3S/c1-18-7-3-4-9(19-2)8(5-7)16-11(13-14-15-16)20-6-10(12)17/h3-5H,6H2,1-2H3,(H2,12,17). The van der Waals surface area contributed by atoms with Crippen molar-refractivity contribution in [2.24, 2.45) is 5.73 Å². The number of tetrazole rings is 1. The van der Waals surface area contributed by atoms with Crippen LogP contribution in [0.2, 0.25) is 0 Å². The van der Waals surface area contributed by atoms with Gasteiger partial charge in [-0.3, -0.25) is 4.79 Å². The molecule has 2 N–H and O–H groups in total. The van der Waals surface area contributed by atoms with Crippen molar-refractivity contribution in [2.75, 3.05) is 20.0 Å². The van der Waals surface area contributed by atoms with E-state index in [1.807, 2.05) is 0 Å². The van der Waals surface area contributed by atoms with Gasteiger partial charge in [0.15, 0.2) is 0 Å². The number of nitrogens with zero attached hydrogens (tertiary/aromatic N) is 4. The van der Waals surface area contributed by atoms with Crippen molar-refractivity contribution in [1.29, 1.82) is 0 Å². The molecular weight excluding hydrogens is 282 g/mol. The van der Waals surface area contributed by atoms with E-state index in [4.69, 9.17) is 15.2 Å². The number of rotatable bonds is 6. The fraction of sp³-hybridized carbons (Fsp3) is 0.273. The first-order valence-electron chi connectivity index (χ1n) is 5.57. The third-order valence-corrected chi connectivity index (χ3v) is 3.34. The number of carbonyl (C=O) groups excluding carboxylic acids is 1. The lowest BCUT2D eigenvalue weighted by atomic mass is 10.3. The molecule has 1 aromatic carbocycles. The minimum absolute atomic E-state index is 0.0899. The topological polar surface area (TPSA) is 105 Å². The smallest absolute Gasteiger partial charge is 0.227 e. The molecule has 2 rings (SSSR count). The van der Waals surface area contributed by atoms with Gasteiger partial charge in [0.2, 0.25) is 11.1 Å². The fourth-order valence-electron chi connectivity index (χ4n) is 1.52. The van der Waals surface area contributed by atoms with Gasteiger partial charge in [0.1, 0.15) is 17.2 Å². The predicted octanol–water partition coefficient (Wildman–Crippen LogP) is 0.257. The SMILES string of the molecule is COc1ccc(OC)c(-n2nnnc2SCC(N)=O)c1. The van der Waals surface area contributed by atoms with Crippen LogP contribution in [-0.2, 0) is 4.79 Å². The minimum Gasteiger partial charge on any atom is -0.497 e. The van der Waals surface area contributed by atoms with Crippen LogP contribution in [0.4, 0.5) is 0 Å². The van der Waals surface area contributed by atoms with Gasteiger partial charge in [-0.15, -0.1) is 5.10 Å². The molecule has 1 aromatic heterocycles. The van der Waals surface area contributed by atoms with E-state index in [1.54, 1.807) is 32.4 Å². The van der Waals surface area contributed by atoms with Gasteiger partial charge < -0.3 is 15.2 Å². The second-order valence-electron chi connectivity index (χ2n) is 3.67. The molecule has 9 heteroatoms. The first-order chi connectivity index (χ1) is 9.65. The van der Waals surface area contributed by atoms with Crippen molar-refractivity contribution in [2.45, 2.75) is 5.16 Å². The maximum atomic E-state index is 10.8. The number of hydrogen-bond acceptors (Lipinski definition) is 7. The molecule has 0 aliphatic rings. The second kappa shape index (κ2) is 6.24. The van der Waals surface area contributed by atoms with E-state index in [1.165, 1.54) is 4.68 Å². The van der Waals surface area contributed by atoms with Crippen LogP contribution < -0.4 is 15.2 Å². The highest BCUT2D eigenvalue weighted by Gasteiger charge is 2.15. The average molecular weight is 295 g/mol. The maximum absolute atomic E-state index is 10.8. The Morgan fingerprint density at radius 1 is 1.40 bits per heavy atom. The lowest BCUT2D eigenvalue weighted by molar-refractivity contribution is -0.115. The van der Waals surface area contributed by atoms with Crippen LogP contribution in [-0.4, -0.2) is 46.1 Å². The monoisotopic (exact) mass is 295 g/mol. The Morgan fingerprint density at radius 3 is 2.85 bits per heavy atom. The van der Waals surface area contributed by atoms with Crippen LogP contribution in [0.3, 0.4) is 0 Å². The molecule has 2 aromatic rings. The number of primary amides is 1. The zero-order valence-electron chi connectivity index (χ0n) is 10.9. The summed E-state index contributed by atoms with van der Waals surface area (Å²) in [7, 11) is 3.11. The van der Waals surface area contributed by atoms with Crippen molar-refractivity contribution >= 4 is 17.7 Å². The largest absolute Gasteiger partial charge is 0.497 e.